The van der Waals surface area contributed by atoms with Crippen molar-refractivity contribution in [3.63, 3.8) is 0 Å². The second-order valence-electron chi connectivity index (χ2n) is 4.06. The maximum Gasteiger partial charge on any atom is 0.251 e. The molecule has 1 heterocycles. The van der Waals surface area contributed by atoms with Gasteiger partial charge in [0.2, 0.25) is 5.91 Å². The van der Waals surface area contributed by atoms with E-state index in [1.54, 1.807) is 12.1 Å². The fourth-order valence-electron chi connectivity index (χ4n) is 1.76. The molecule has 0 bridgehead atoms. The molecule has 0 saturated carbocycles. The van der Waals surface area contributed by atoms with Gasteiger partial charge >= 0.3 is 0 Å². The summed E-state index contributed by atoms with van der Waals surface area (Å²) in [7, 11) is 0. The molecular weight excluding hydrogens is 220 g/mol. The molecule has 5 heteroatoms. The number of carbonyl (C=O) groups is 2. The summed E-state index contributed by atoms with van der Waals surface area (Å²) in [5.74, 6) is -0.0374. The summed E-state index contributed by atoms with van der Waals surface area (Å²) >= 11 is 0. The van der Waals surface area contributed by atoms with Crippen LogP contribution in [0.3, 0.4) is 0 Å². The smallest absolute Gasteiger partial charge is 0.251 e. The Labute approximate surface area is 98.8 Å². The van der Waals surface area contributed by atoms with E-state index in [0.29, 0.717) is 18.5 Å². The lowest BCUT2D eigenvalue weighted by molar-refractivity contribution is -0.119. The van der Waals surface area contributed by atoms with Gasteiger partial charge in [-0.25, -0.2) is 0 Å². The summed E-state index contributed by atoms with van der Waals surface area (Å²) in [6, 6.07) is 6.07. The Morgan fingerprint density at radius 2 is 2.12 bits per heavy atom. The Bertz CT molecular complexity index is 428. The number of rotatable bonds is 3. The fourth-order valence-corrected chi connectivity index (χ4v) is 1.76. The third-order valence-corrected chi connectivity index (χ3v) is 2.72. The van der Waals surface area contributed by atoms with E-state index in [9.17, 15) is 9.59 Å². The van der Waals surface area contributed by atoms with E-state index >= 15 is 0 Å². The molecule has 0 radical (unpaired) electrons. The van der Waals surface area contributed by atoms with Crippen molar-refractivity contribution in [3.8, 4) is 5.75 Å². The Morgan fingerprint density at radius 1 is 1.41 bits per heavy atom. The number of aromatic hydroxyl groups is 1. The molecule has 2 rings (SSSR count). The zero-order valence-corrected chi connectivity index (χ0v) is 9.27. The van der Waals surface area contributed by atoms with Gasteiger partial charge in [-0.3, -0.25) is 9.59 Å². The second-order valence-corrected chi connectivity index (χ2v) is 4.06. The summed E-state index contributed by atoms with van der Waals surface area (Å²) in [4.78, 5) is 22.6. The Morgan fingerprint density at radius 3 is 2.71 bits per heavy atom. The summed E-state index contributed by atoms with van der Waals surface area (Å²) in [6.07, 6.45) is 1.29. The highest BCUT2D eigenvalue weighted by Gasteiger charge is 2.20. The second kappa shape index (κ2) is 4.86. The molecular formula is C12H14N2O3. The lowest BCUT2D eigenvalue weighted by Crippen LogP contribution is -2.38. The average Bonchev–Trinajstić information content (AvgIpc) is 2.73. The summed E-state index contributed by atoms with van der Waals surface area (Å²) in [6.45, 7) is 0.436. The van der Waals surface area contributed by atoms with Gasteiger partial charge in [0, 0.05) is 24.6 Å². The monoisotopic (exact) mass is 234 g/mol. The SMILES string of the molecule is O=C1CCC(CNC(=O)c2ccc(O)cc2)N1. The van der Waals surface area contributed by atoms with E-state index in [2.05, 4.69) is 10.6 Å². The molecule has 5 nitrogen and oxygen atoms in total. The zero-order valence-electron chi connectivity index (χ0n) is 9.27. The molecule has 1 unspecified atom stereocenters. The van der Waals surface area contributed by atoms with E-state index in [1.165, 1.54) is 12.1 Å². The van der Waals surface area contributed by atoms with Crippen molar-refractivity contribution in [3.05, 3.63) is 29.8 Å². The molecule has 0 aromatic heterocycles. The maximum atomic E-state index is 11.7. The number of phenols is 1. The standard InChI is InChI=1S/C12H14N2O3/c15-10-4-1-8(2-5-10)12(17)13-7-9-3-6-11(16)14-9/h1-2,4-5,9,15H,3,6-7H2,(H,13,17)(H,14,16). The lowest BCUT2D eigenvalue weighted by atomic mass is 10.2. The van der Waals surface area contributed by atoms with Crippen LogP contribution in [0.1, 0.15) is 23.2 Å². The van der Waals surface area contributed by atoms with E-state index in [0.717, 1.165) is 6.42 Å². The normalized spacial score (nSPS) is 18.8. The number of nitrogens with one attached hydrogen (secondary N) is 2. The van der Waals surface area contributed by atoms with Crippen molar-refractivity contribution in [1.29, 1.82) is 0 Å². The quantitative estimate of drug-likeness (QED) is 0.708. The summed E-state index contributed by atoms with van der Waals surface area (Å²) in [5.41, 5.74) is 0.493. The molecule has 1 fully saturated rings. The van der Waals surface area contributed by atoms with E-state index in [1.807, 2.05) is 0 Å². The summed E-state index contributed by atoms with van der Waals surface area (Å²) in [5, 5.41) is 14.6. The number of benzene rings is 1. The van der Waals surface area contributed by atoms with Crippen LogP contribution in [-0.2, 0) is 4.79 Å². The van der Waals surface area contributed by atoms with Crippen LogP contribution in [0.5, 0.6) is 5.75 Å². The molecule has 90 valence electrons. The van der Waals surface area contributed by atoms with Crippen LogP contribution in [0.4, 0.5) is 0 Å². The minimum absolute atomic E-state index is 0.0311. The van der Waals surface area contributed by atoms with E-state index in [4.69, 9.17) is 5.11 Å². The average molecular weight is 234 g/mol. The molecule has 1 aliphatic rings. The van der Waals surface area contributed by atoms with Crippen LogP contribution >= 0.6 is 0 Å². The number of phenolic OH excluding ortho intramolecular Hbond substituents is 1. The number of amides is 2. The largest absolute Gasteiger partial charge is 0.508 e. The molecule has 1 aromatic carbocycles. The first-order valence-corrected chi connectivity index (χ1v) is 5.52. The maximum absolute atomic E-state index is 11.7. The third kappa shape index (κ3) is 2.96. The van der Waals surface area contributed by atoms with Crippen molar-refractivity contribution in [2.45, 2.75) is 18.9 Å². The molecule has 0 spiro atoms. The number of carbonyl (C=O) groups excluding carboxylic acids is 2. The van der Waals surface area contributed by atoms with Crippen LogP contribution in [0.15, 0.2) is 24.3 Å². The van der Waals surface area contributed by atoms with E-state index in [-0.39, 0.29) is 23.6 Å². The highest BCUT2D eigenvalue weighted by Crippen LogP contribution is 2.10. The highest BCUT2D eigenvalue weighted by atomic mass is 16.3. The van der Waals surface area contributed by atoms with Crippen molar-refractivity contribution < 1.29 is 14.7 Å². The fraction of sp³-hybridized carbons (Fsp3) is 0.333. The first-order valence-electron chi connectivity index (χ1n) is 5.52. The molecule has 0 aliphatic carbocycles. The molecule has 1 aliphatic heterocycles. The van der Waals surface area contributed by atoms with Gasteiger partial charge < -0.3 is 15.7 Å². The first kappa shape index (κ1) is 11.4. The molecule has 1 saturated heterocycles. The number of hydrogen-bond donors (Lipinski definition) is 3. The van der Waals surface area contributed by atoms with Gasteiger partial charge in [0.15, 0.2) is 0 Å². The Hall–Kier alpha value is -2.04. The van der Waals surface area contributed by atoms with Crippen LogP contribution < -0.4 is 10.6 Å². The van der Waals surface area contributed by atoms with Crippen molar-refractivity contribution >= 4 is 11.8 Å². The van der Waals surface area contributed by atoms with Gasteiger partial charge in [0.25, 0.3) is 5.91 Å². The van der Waals surface area contributed by atoms with Crippen molar-refractivity contribution in [2.75, 3.05) is 6.54 Å². The van der Waals surface area contributed by atoms with Crippen LogP contribution in [0, 0.1) is 0 Å². The minimum Gasteiger partial charge on any atom is -0.508 e. The van der Waals surface area contributed by atoms with Crippen molar-refractivity contribution in [1.82, 2.24) is 10.6 Å². The van der Waals surface area contributed by atoms with E-state index < -0.39 is 0 Å². The Balaban J connectivity index is 1.85. The van der Waals surface area contributed by atoms with Gasteiger partial charge in [-0.2, -0.15) is 0 Å². The van der Waals surface area contributed by atoms with Crippen molar-refractivity contribution in [2.24, 2.45) is 0 Å². The van der Waals surface area contributed by atoms with Crippen LogP contribution in [0.2, 0.25) is 0 Å². The topological polar surface area (TPSA) is 78.4 Å². The lowest BCUT2D eigenvalue weighted by Gasteiger charge is -2.11. The molecule has 1 aromatic rings. The highest BCUT2D eigenvalue weighted by molar-refractivity contribution is 5.94. The minimum atomic E-state index is -0.203. The number of hydrogen-bond acceptors (Lipinski definition) is 3. The van der Waals surface area contributed by atoms with Gasteiger partial charge in [-0.1, -0.05) is 0 Å². The predicted octanol–water partition coefficient (Wildman–Crippen LogP) is 0.401. The molecule has 17 heavy (non-hydrogen) atoms. The molecule has 3 N–H and O–H groups in total. The Kier molecular flexibility index (Phi) is 3.27. The first-order chi connectivity index (χ1) is 8.15. The van der Waals surface area contributed by atoms with Gasteiger partial charge in [-0.05, 0) is 30.7 Å². The molecule has 2 amide bonds. The third-order valence-electron chi connectivity index (χ3n) is 2.72. The van der Waals surface area contributed by atoms with Gasteiger partial charge in [0.05, 0.1) is 0 Å². The summed E-state index contributed by atoms with van der Waals surface area (Å²) < 4.78 is 0. The van der Waals surface area contributed by atoms with Gasteiger partial charge in [-0.15, -0.1) is 0 Å². The zero-order chi connectivity index (χ0) is 12.3. The molecule has 1 atom stereocenters. The predicted molar refractivity (Wildman–Crippen MR) is 61.6 cm³/mol. The van der Waals surface area contributed by atoms with Crippen LogP contribution in [0.25, 0.3) is 0 Å². The van der Waals surface area contributed by atoms with Crippen LogP contribution in [-0.4, -0.2) is 29.5 Å². The van der Waals surface area contributed by atoms with Gasteiger partial charge in [0.1, 0.15) is 5.75 Å².